The van der Waals surface area contributed by atoms with Crippen LogP contribution in [0, 0.1) is 3.57 Å². The van der Waals surface area contributed by atoms with Crippen LogP contribution in [0.2, 0.25) is 0 Å². The predicted molar refractivity (Wildman–Crippen MR) is 81.3 cm³/mol. The molecular formula is C16H15I. The molecule has 0 bridgehead atoms. The van der Waals surface area contributed by atoms with Crippen LogP contribution in [0.15, 0.2) is 42.5 Å². The number of benzene rings is 2. The smallest absolute Gasteiger partial charge is 0.0184 e. The Morgan fingerprint density at radius 2 is 1.71 bits per heavy atom. The minimum Gasteiger partial charge on any atom is -0.0642 e. The maximum Gasteiger partial charge on any atom is 0.0184 e. The predicted octanol–water partition coefficient (Wildman–Crippen LogP) is 4.99. The van der Waals surface area contributed by atoms with E-state index < -0.39 is 0 Å². The van der Waals surface area contributed by atoms with E-state index in [1.165, 1.54) is 25.8 Å². The fourth-order valence-corrected chi connectivity index (χ4v) is 3.42. The van der Waals surface area contributed by atoms with Crippen molar-refractivity contribution in [1.82, 2.24) is 0 Å². The minimum atomic E-state index is 0.188. The van der Waals surface area contributed by atoms with Gasteiger partial charge in [0.2, 0.25) is 0 Å². The highest BCUT2D eigenvalue weighted by Gasteiger charge is 2.37. The fraction of sp³-hybridized carbons (Fsp3) is 0.250. The molecule has 0 saturated carbocycles. The molecule has 2 aromatic rings. The lowest BCUT2D eigenvalue weighted by Crippen LogP contribution is -2.19. The van der Waals surface area contributed by atoms with Gasteiger partial charge < -0.3 is 0 Å². The minimum absolute atomic E-state index is 0.188. The van der Waals surface area contributed by atoms with E-state index >= 15 is 0 Å². The van der Waals surface area contributed by atoms with Crippen LogP contribution in [0.4, 0.5) is 0 Å². The van der Waals surface area contributed by atoms with E-state index in [1.54, 1.807) is 0 Å². The number of halogens is 1. The lowest BCUT2D eigenvalue weighted by Gasteiger charge is -2.25. The van der Waals surface area contributed by atoms with Crippen molar-refractivity contribution in [2.45, 2.75) is 25.7 Å². The lowest BCUT2D eigenvalue weighted by molar-refractivity contribution is 0.564. The van der Waals surface area contributed by atoms with Crippen molar-refractivity contribution in [3.05, 3.63) is 57.2 Å². The number of rotatable bonds is 1. The van der Waals surface area contributed by atoms with E-state index in [-0.39, 0.29) is 5.41 Å². The third-order valence-corrected chi connectivity index (χ3v) is 4.77. The summed E-state index contributed by atoms with van der Waals surface area (Å²) >= 11 is 2.41. The van der Waals surface area contributed by atoms with Gasteiger partial charge in [0.25, 0.3) is 0 Å². The lowest BCUT2D eigenvalue weighted by atomic mass is 9.78. The van der Waals surface area contributed by atoms with Crippen LogP contribution in [0.1, 0.15) is 31.4 Å². The van der Waals surface area contributed by atoms with Gasteiger partial charge in [-0.3, -0.25) is 0 Å². The molecule has 0 nitrogen and oxygen atoms in total. The molecule has 0 aliphatic heterocycles. The van der Waals surface area contributed by atoms with Crippen LogP contribution in [-0.4, -0.2) is 0 Å². The molecule has 1 aliphatic rings. The van der Waals surface area contributed by atoms with Gasteiger partial charge in [-0.05, 0) is 63.4 Å². The molecule has 86 valence electrons. The normalized spacial score (nSPS) is 21.1. The first-order valence-electron chi connectivity index (χ1n) is 6.07. The summed E-state index contributed by atoms with van der Waals surface area (Å²) in [6.07, 6.45) is 1.15. The van der Waals surface area contributed by atoms with Crippen LogP contribution in [0.25, 0.3) is 11.1 Å². The Balaban J connectivity index is 2.38. The monoisotopic (exact) mass is 334 g/mol. The molecule has 0 heterocycles. The summed E-state index contributed by atoms with van der Waals surface area (Å²) in [5, 5.41) is 0. The van der Waals surface area contributed by atoms with Gasteiger partial charge in [0.1, 0.15) is 0 Å². The molecule has 0 fully saturated rings. The Morgan fingerprint density at radius 1 is 1.00 bits per heavy atom. The zero-order valence-corrected chi connectivity index (χ0v) is 12.3. The molecule has 2 aromatic carbocycles. The molecule has 0 radical (unpaired) electrons. The second kappa shape index (κ2) is 3.84. The van der Waals surface area contributed by atoms with E-state index in [4.69, 9.17) is 0 Å². The van der Waals surface area contributed by atoms with E-state index in [0.29, 0.717) is 0 Å². The van der Waals surface area contributed by atoms with E-state index in [1.807, 2.05) is 0 Å². The molecule has 1 unspecified atom stereocenters. The first-order valence-corrected chi connectivity index (χ1v) is 7.14. The van der Waals surface area contributed by atoms with Crippen molar-refractivity contribution >= 4 is 22.6 Å². The summed E-state index contributed by atoms with van der Waals surface area (Å²) < 4.78 is 1.33. The van der Waals surface area contributed by atoms with Crippen LogP contribution in [0.3, 0.4) is 0 Å². The van der Waals surface area contributed by atoms with Crippen molar-refractivity contribution in [2.24, 2.45) is 0 Å². The summed E-state index contributed by atoms with van der Waals surface area (Å²) in [6, 6.07) is 15.7. The quantitative estimate of drug-likeness (QED) is 0.645. The molecule has 0 saturated heterocycles. The second-order valence-electron chi connectivity index (χ2n) is 4.92. The summed E-state index contributed by atoms with van der Waals surface area (Å²) in [5.41, 5.74) is 6.01. The molecular weight excluding hydrogens is 319 g/mol. The van der Waals surface area contributed by atoms with E-state index in [2.05, 4.69) is 78.9 Å². The largest absolute Gasteiger partial charge is 0.0642 e. The SMILES string of the molecule is CCC1(C)c2ccccc2-c2ccc(I)cc21. The van der Waals surface area contributed by atoms with Crippen molar-refractivity contribution < 1.29 is 0 Å². The van der Waals surface area contributed by atoms with Crippen LogP contribution < -0.4 is 0 Å². The summed E-state index contributed by atoms with van der Waals surface area (Å²) in [4.78, 5) is 0. The van der Waals surface area contributed by atoms with Gasteiger partial charge in [-0.15, -0.1) is 0 Å². The van der Waals surface area contributed by atoms with E-state index in [0.717, 1.165) is 6.42 Å². The average Bonchev–Trinajstić information content (AvgIpc) is 2.61. The van der Waals surface area contributed by atoms with Crippen molar-refractivity contribution in [2.75, 3.05) is 0 Å². The van der Waals surface area contributed by atoms with Gasteiger partial charge >= 0.3 is 0 Å². The van der Waals surface area contributed by atoms with Gasteiger partial charge in [-0.25, -0.2) is 0 Å². The van der Waals surface area contributed by atoms with Gasteiger partial charge in [-0.1, -0.05) is 44.2 Å². The van der Waals surface area contributed by atoms with Gasteiger partial charge in [0, 0.05) is 8.99 Å². The van der Waals surface area contributed by atoms with E-state index in [9.17, 15) is 0 Å². The molecule has 0 amide bonds. The molecule has 3 rings (SSSR count). The van der Waals surface area contributed by atoms with Crippen LogP contribution >= 0.6 is 22.6 Å². The molecule has 0 spiro atoms. The van der Waals surface area contributed by atoms with Gasteiger partial charge in [-0.2, -0.15) is 0 Å². The van der Waals surface area contributed by atoms with Gasteiger partial charge in [0.15, 0.2) is 0 Å². The molecule has 17 heavy (non-hydrogen) atoms. The first-order chi connectivity index (χ1) is 8.16. The highest BCUT2D eigenvalue weighted by Crippen LogP contribution is 2.50. The molecule has 1 atom stereocenters. The number of fused-ring (bicyclic) bond motifs is 3. The number of hydrogen-bond donors (Lipinski definition) is 0. The Bertz CT molecular complexity index is 586. The van der Waals surface area contributed by atoms with Crippen molar-refractivity contribution in [1.29, 1.82) is 0 Å². The Kier molecular flexibility index (Phi) is 2.54. The highest BCUT2D eigenvalue weighted by molar-refractivity contribution is 14.1. The van der Waals surface area contributed by atoms with Crippen molar-refractivity contribution in [3.63, 3.8) is 0 Å². The molecule has 0 aromatic heterocycles. The molecule has 1 aliphatic carbocycles. The highest BCUT2D eigenvalue weighted by atomic mass is 127. The molecule has 0 N–H and O–H groups in total. The van der Waals surface area contributed by atoms with Crippen LogP contribution in [-0.2, 0) is 5.41 Å². The summed E-state index contributed by atoms with van der Waals surface area (Å²) in [5.74, 6) is 0. The van der Waals surface area contributed by atoms with Crippen molar-refractivity contribution in [3.8, 4) is 11.1 Å². The molecule has 1 heteroatoms. The zero-order chi connectivity index (χ0) is 12.0. The Hall–Kier alpha value is -0.830. The summed E-state index contributed by atoms with van der Waals surface area (Å²) in [6.45, 7) is 4.65. The van der Waals surface area contributed by atoms with Crippen LogP contribution in [0.5, 0.6) is 0 Å². The average molecular weight is 334 g/mol. The summed E-state index contributed by atoms with van der Waals surface area (Å²) in [7, 11) is 0. The third kappa shape index (κ3) is 1.48. The van der Waals surface area contributed by atoms with Gasteiger partial charge in [0.05, 0.1) is 0 Å². The zero-order valence-electron chi connectivity index (χ0n) is 10.1. The Morgan fingerprint density at radius 3 is 2.47 bits per heavy atom. The second-order valence-corrected chi connectivity index (χ2v) is 6.17. The Labute approximate surface area is 116 Å². The fourth-order valence-electron chi connectivity index (χ4n) is 2.93. The maximum absolute atomic E-state index is 2.41. The third-order valence-electron chi connectivity index (χ3n) is 4.09. The maximum atomic E-state index is 2.41. The first kappa shape index (κ1) is 11.3. The number of hydrogen-bond acceptors (Lipinski definition) is 0. The standard InChI is InChI=1S/C16H15I/c1-3-16(2)14-7-5-4-6-12(14)13-9-8-11(17)10-15(13)16/h4-10H,3H2,1-2H3. The topological polar surface area (TPSA) is 0 Å².